The van der Waals surface area contributed by atoms with Crippen LogP contribution in [0.1, 0.15) is 39.7 Å². The zero-order valence-corrected chi connectivity index (χ0v) is 11.0. The van der Waals surface area contributed by atoms with Gasteiger partial charge < -0.3 is 0 Å². The van der Waals surface area contributed by atoms with Crippen molar-refractivity contribution < 1.29 is 4.39 Å². The quantitative estimate of drug-likeness (QED) is 0.729. The lowest BCUT2D eigenvalue weighted by molar-refractivity contribution is 0.280. The van der Waals surface area contributed by atoms with Gasteiger partial charge in [-0.1, -0.05) is 39.8 Å². The van der Waals surface area contributed by atoms with E-state index < -0.39 is 0 Å². The van der Waals surface area contributed by atoms with Crippen LogP contribution in [-0.2, 0) is 6.54 Å². The normalized spacial score (nSPS) is 9.88. The molecule has 0 bridgehead atoms. The topological polar surface area (TPSA) is 3.24 Å². The highest BCUT2D eigenvalue weighted by molar-refractivity contribution is 5.15. The summed E-state index contributed by atoms with van der Waals surface area (Å²) >= 11 is 0. The van der Waals surface area contributed by atoms with E-state index in [1.807, 2.05) is 26.0 Å². The van der Waals surface area contributed by atoms with Crippen LogP contribution in [-0.4, -0.2) is 18.0 Å². The zero-order valence-electron chi connectivity index (χ0n) is 11.0. The lowest BCUT2D eigenvalue weighted by Crippen LogP contribution is -2.23. The molecule has 1 nitrogen and oxygen atoms in total. The van der Waals surface area contributed by atoms with Gasteiger partial charge in [0.05, 0.1) is 0 Å². The standard InChI is InChI=1S/C12H18FN.C2H6/c1-3-9-14(4-2)10-11-5-7-12(13)8-6-11;1-2/h5-8H,3-4,9-10H2,1-2H3;1-2H3. The van der Waals surface area contributed by atoms with Crippen molar-refractivity contribution >= 4 is 0 Å². The van der Waals surface area contributed by atoms with Crippen LogP contribution in [0.25, 0.3) is 0 Å². The third-order valence-corrected chi connectivity index (χ3v) is 2.31. The van der Waals surface area contributed by atoms with Crippen LogP contribution in [0.4, 0.5) is 4.39 Å². The highest BCUT2D eigenvalue weighted by Gasteiger charge is 2.01. The van der Waals surface area contributed by atoms with Crippen LogP contribution in [0.3, 0.4) is 0 Å². The van der Waals surface area contributed by atoms with E-state index in [4.69, 9.17) is 0 Å². The van der Waals surface area contributed by atoms with Crippen LogP contribution >= 0.6 is 0 Å². The van der Waals surface area contributed by atoms with E-state index in [2.05, 4.69) is 18.7 Å². The van der Waals surface area contributed by atoms with Gasteiger partial charge in [0.25, 0.3) is 0 Å². The molecule has 0 amide bonds. The Labute approximate surface area is 99.3 Å². The van der Waals surface area contributed by atoms with Crippen LogP contribution in [0.2, 0.25) is 0 Å². The molecule has 0 saturated carbocycles. The first-order chi connectivity index (χ1) is 7.76. The molecule has 0 unspecified atom stereocenters. The molecule has 0 saturated heterocycles. The second-order valence-corrected chi connectivity index (χ2v) is 3.50. The van der Waals surface area contributed by atoms with Gasteiger partial charge in [0.2, 0.25) is 0 Å². The maximum absolute atomic E-state index is 12.6. The van der Waals surface area contributed by atoms with Crippen molar-refractivity contribution in [2.75, 3.05) is 13.1 Å². The van der Waals surface area contributed by atoms with Gasteiger partial charge in [-0.15, -0.1) is 0 Å². The lowest BCUT2D eigenvalue weighted by atomic mass is 10.2. The Morgan fingerprint density at radius 1 is 1.06 bits per heavy atom. The van der Waals surface area contributed by atoms with E-state index in [1.54, 1.807) is 0 Å². The molecule has 0 spiro atoms. The third-order valence-electron chi connectivity index (χ3n) is 2.31. The summed E-state index contributed by atoms with van der Waals surface area (Å²) in [5, 5.41) is 0. The van der Waals surface area contributed by atoms with Gasteiger partial charge in [0.15, 0.2) is 0 Å². The zero-order chi connectivity index (χ0) is 12.4. The van der Waals surface area contributed by atoms with Crippen molar-refractivity contribution in [1.82, 2.24) is 4.90 Å². The molecule has 0 aliphatic carbocycles. The minimum absolute atomic E-state index is 0.160. The summed E-state index contributed by atoms with van der Waals surface area (Å²) in [4.78, 5) is 2.35. The Hall–Kier alpha value is -0.890. The summed E-state index contributed by atoms with van der Waals surface area (Å²) in [5.41, 5.74) is 1.18. The highest BCUT2D eigenvalue weighted by atomic mass is 19.1. The van der Waals surface area contributed by atoms with Crippen molar-refractivity contribution in [1.29, 1.82) is 0 Å². The fourth-order valence-corrected chi connectivity index (χ4v) is 1.51. The molecule has 0 atom stereocenters. The molecular weight excluding hydrogens is 201 g/mol. The first-order valence-electron chi connectivity index (χ1n) is 6.23. The first-order valence-corrected chi connectivity index (χ1v) is 6.23. The fourth-order valence-electron chi connectivity index (χ4n) is 1.51. The van der Waals surface area contributed by atoms with Crippen LogP contribution < -0.4 is 0 Å². The van der Waals surface area contributed by atoms with E-state index >= 15 is 0 Å². The van der Waals surface area contributed by atoms with Gasteiger partial charge in [0.1, 0.15) is 5.82 Å². The summed E-state index contributed by atoms with van der Waals surface area (Å²) < 4.78 is 12.6. The largest absolute Gasteiger partial charge is 0.299 e. The van der Waals surface area contributed by atoms with Gasteiger partial charge in [-0.3, -0.25) is 4.90 Å². The van der Waals surface area contributed by atoms with Crippen LogP contribution in [0, 0.1) is 5.82 Å². The first kappa shape index (κ1) is 15.1. The predicted molar refractivity (Wildman–Crippen MR) is 69.0 cm³/mol. The number of rotatable bonds is 5. The molecule has 0 N–H and O–H groups in total. The number of hydrogen-bond donors (Lipinski definition) is 0. The summed E-state index contributed by atoms with van der Waals surface area (Å²) in [6, 6.07) is 6.76. The van der Waals surface area contributed by atoms with E-state index in [9.17, 15) is 4.39 Å². The van der Waals surface area contributed by atoms with Gasteiger partial charge in [-0.25, -0.2) is 4.39 Å². The Balaban J connectivity index is 0.00000106. The molecular formula is C14H24FN. The Kier molecular flexibility index (Phi) is 8.82. The predicted octanol–water partition coefficient (Wildman–Crippen LogP) is 4.08. The van der Waals surface area contributed by atoms with Crippen molar-refractivity contribution in [2.24, 2.45) is 0 Å². The minimum Gasteiger partial charge on any atom is -0.299 e. The van der Waals surface area contributed by atoms with Gasteiger partial charge >= 0.3 is 0 Å². The van der Waals surface area contributed by atoms with Crippen molar-refractivity contribution in [3.8, 4) is 0 Å². The summed E-state index contributed by atoms with van der Waals surface area (Å²) in [6.45, 7) is 11.4. The van der Waals surface area contributed by atoms with E-state index in [0.29, 0.717) is 0 Å². The van der Waals surface area contributed by atoms with Gasteiger partial charge in [-0.05, 0) is 37.2 Å². The molecule has 0 aliphatic rings. The molecule has 16 heavy (non-hydrogen) atoms. The SMILES string of the molecule is CC.CCCN(CC)Cc1ccc(F)cc1. The third kappa shape index (κ3) is 5.86. The van der Waals surface area contributed by atoms with E-state index in [0.717, 1.165) is 26.1 Å². The van der Waals surface area contributed by atoms with Gasteiger partial charge in [-0.2, -0.15) is 0 Å². The van der Waals surface area contributed by atoms with E-state index in [1.165, 1.54) is 17.7 Å². The number of nitrogens with zero attached hydrogens (tertiary/aromatic N) is 1. The molecule has 2 heteroatoms. The molecule has 1 rings (SSSR count). The molecule has 0 aliphatic heterocycles. The maximum atomic E-state index is 12.6. The average molecular weight is 225 g/mol. The lowest BCUT2D eigenvalue weighted by Gasteiger charge is -2.19. The van der Waals surface area contributed by atoms with Crippen molar-refractivity contribution in [3.63, 3.8) is 0 Å². The van der Waals surface area contributed by atoms with Crippen LogP contribution in [0.15, 0.2) is 24.3 Å². The van der Waals surface area contributed by atoms with E-state index in [-0.39, 0.29) is 5.82 Å². The molecule has 92 valence electrons. The average Bonchev–Trinajstić information content (AvgIpc) is 2.34. The number of hydrogen-bond acceptors (Lipinski definition) is 1. The monoisotopic (exact) mass is 225 g/mol. The van der Waals surface area contributed by atoms with Gasteiger partial charge in [0, 0.05) is 6.54 Å². The van der Waals surface area contributed by atoms with Crippen molar-refractivity contribution in [3.05, 3.63) is 35.6 Å². The van der Waals surface area contributed by atoms with Crippen molar-refractivity contribution in [2.45, 2.75) is 40.7 Å². The molecule has 0 radical (unpaired) electrons. The highest BCUT2D eigenvalue weighted by Crippen LogP contribution is 2.06. The maximum Gasteiger partial charge on any atom is 0.123 e. The second kappa shape index (κ2) is 9.34. The minimum atomic E-state index is -0.160. The summed E-state index contributed by atoms with van der Waals surface area (Å²) in [5.74, 6) is -0.160. The summed E-state index contributed by atoms with van der Waals surface area (Å²) in [6.07, 6.45) is 1.16. The Morgan fingerprint density at radius 2 is 1.62 bits per heavy atom. The fraction of sp³-hybridized carbons (Fsp3) is 0.571. The second-order valence-electron chi connectivity index (χ2n) is 3.50. The summed E-state index contributed by atoms with van der Waals surface area (Å²) in [7, 11) is 0. The Morgan fingerprint density at radius 3 is 2.06 bits per heavy atom. The van der Waals surface area contributed by atoms with Crippen LogP contribution in [0.5, 0.6) is 0 Å². The molecule has 0 aromatic heterocycles. The molecule has 1 aromatic carbocycles. The Bertz CT molecular complexity index is 256. The number of benzene rings is 1. The smallest absolute Gasteiger partial charge is 0.123 e. The number of halogens is 1. The molecule has 1 aromatic rings. The molecule has 0 heterocycles. The molecule has 0 fully saturated rings.